The van der Waals surface area contributed by atoms with Crippen molar-refractivity contribution in [1.29, 1.82) is 0 Å². The van der Waals surface area contributed by atoms with Crippen molar-refractivity contribution in [2.75, 3.05) is 20.1 Å². The van der Waals surface area contributed by atoms with Crippen LogP contribution in [0.4, 0.5) is 0 Å². The molecule has 1 fully saturated rings. The van der Waals surface area contributed by atoms with E-state index in [0.29, 0.717) is 6.04 Å². The average molecular weight is 268 g/mol. The van der Waals surface area contributed by atoms with Crippen LogP contribution in [-0.4, -0.2) is 37.0 Å². The summed E-state index contributed by atoms with van der Waals surface area (Å²) in [6.45, 7) is 8.18. The van der Waals surface area contributed by atoms with Gasteiger partial charge in [-0.1, -0.05) is 13.8 Å². The second-order valence-corrected chi connectivity index (χ2v) is 5.61. The predicted molar refractivity (Wildman–Crippen MR) is 78.4 cm³/mol. The minimum absolute atomic E-state index is 0.0823. The number of carbonyl (C=O) groups is 1. The van der Waals surface area contributed by atoms with Gasteiger partial charge in [0.15, 0.2) is 0 Å². The largest absolute Gasteiger partial charge is 0.349 e. The van der Waals surface area contributed by atoms with Crippen LogP contribution in [0.1, 0.15) is 41.9 Å². The Morgan fingerprint density at radius 3 is 2.50 bits per heavy atom. The smallest absolute Gasteiger partial charge is 0.252 e. The first-order chi connectivity index (χ1) is 8.65. The molecule has 0 radical (unpaired) electrons. The molecule has 0 aliphatic carbocycles. The molecule has 0 atom stereocenters. The normalized spacial score (nSPS) is 16.9. The maximum Gasteiger partial charge on any atom is 0.252 e. The Morgan fingerprint density at radius 1 is 1.39 bits per heavy atom. The standard InChI is InChI=1S/C12H18N2OS.C2H6/c1-9-7-10(8-16-9)12(15)13-11-3-5-14(2)6-4-11;1-2/h7-8,11H,3-6H2,1-2H3,(H,13,15);1-2H3. The maximum absolute atomic E-state index is 11.9. The lowest BCUT2D eigenvalue weighted by Crippen LogP contribution is -2.43. The third kappa shape index (κ3) is 4.42. The highest BCUT2D eigenvalue weighted by molar-refractivity contribution is 7.10. The fourth-order valence-electron chi connectivity index (χ4n) is 1.98. The van der Waals surface area contributed by atoms with E-state index >= 15 is 0 Å². The van der Waals surface area contributed by atoms with Crippen molar-refractivity contribution in [3.63, 3.8) is 0 Å². The summed E-state index contributed by atoms with van der Waals surface area (Å²) in [5, 5.41) is 5.04. The van der Waals surface area contributed by atoms with E-state index in [2.05, 4.69) is 17.3 Å². The van der Waals surface area contributed by atoms with Gasteiger partial charge in [-0.15, -0.1) is 11.3 Å². The molecule has 0 saturated carbocycles. The van der Waals surface area contributed by atoms with Crippen molar-refractivity contribution in [1.82, 2.24) is 10.2 Å². The van der Waals surface area contributed by atoms with Crippen LogP contribution in [0.3, 0.4) is 0 Å². The quantitative estimate of drug-likeness (QED) is 0.894. The van der Waals surface area contributed by atoms with E-state index in [0.717, 1.165) is 31.5 Å². The number of carbonyl (C=O) groups excluding carboxylic acids is 1. The Hall–Kier alpha value is -0.870. The van der Waals surface area contributed by atoms with Crippen LogP contribution < -0.4 is 5.32 Å². The molecule has 1 saturated heterocycles. The summed E-state index contributed by atoms with van der Waals surface area (Å²) < 4.78 is 0. The molecule has 18 heavy (non-hydrogen) atoms. The molecular formula is C14H24N2OS. The third-order valence-corrected chi connectivity index (χ3v) is 3.91. The van der Waals surface area contributed by atoms with Crippen molar-refractivity contribution in [2.45, 2.75) is 39.7 Å². The second-order valence-electron chi connectivity index (χ2n) is 4.50. The molecule has 0 spiro atoms. The van der Waals surface area contributed by atoms with Gasteiger partial charge in [0.05, 0.1) is 5.56 Å². The minimum Gasteiger partial charge on any atom is -0.349 e. The number of hydrogen-bond acceptors (Lipinski definition) is 3. The van der Waals surface area contributed by atoms with Crippen molar-refractivity contribution >= 4 is 17.2 Å². The number of piperidine rings is 1. The monoisotopic (exact) mass is 268 g/mol. The highest BCUT2D eigenvalue weighted by Crippen LogP contribution is 2.14. The first-order valence-corrected chi connectivity index (χ1v) is 7.57. The summed E-state index contributed by atoms with van der Waals surface area (Å²) in [5.41, 5.74) is 0.807. The van der Waals surface area contributed by atoms with E-state index in [-0.39, 0.29) is 5.91 Å². The van der Waals surface area contributed by atoms with Gasteiger partial charge in [-0.05, 0) is 46.0 Å². The van der Waals surface area contributed by atoms with Crippen LogP contribution in [0.15, 0.2) is 11.4 Å². The number of aryl methyl sites for hydroxylation is 1. The number of amides is 1. The van der Waals surface area contributed by atoms with Crippen LogP contribution in [0.5, 0.6) is 0 Å². The van der Waals surface area contributed by atoms with Crippen molar-refractivity contribution in [2.24, 2.45) is 0 Å². The fraction of sp³-hybridized carbons (Fsp3) is 0.643. The van der Waals surface area contributed by atoms with E-state index in [1.807, 2.05) is 32.2 Å². The van der Waals surface area contributed by atoms with E-state index in [4.69, 9.17) is 0 Å². The molecule has 1 aromatic rings. The molecular weight excluding hydrogens is 244 g/mol. The van der Waals surface area contributed by atoms with Gasteiger partial charge in [-0.25, -0.2) is 0 Å². The van der Waals surface area contributed by atoms with E-state index < -0.39 is 0 Å². The summed E-state index contributed by atoms with van der Waals surface area (Å²) in [6, 6.07) is 2.30. The topological polar surface area (TPSA) is 32.3 Å². The molecule has 4 heteroatoms. The molecule has 1 N–H and O–H groups in total. The Balaban J connectivity index is 0.000000771. The number of rotatable bonds is 2. The maximum atomic E-state index is 11.9. The molecule has 2 heterocycles. The van der Waals surface area contributed by atoms with Gasteiger partial charge in [0.25, 0.3) is 5.91 Å². The molecule has 1 aliphatic rings. The number of thiophene rings is 1. The first-order valence-electron chi connectivity index (χ1n) is 6.69. The summed E-state index contributed by atoms with van der Waals surface area (Å²) in [5.74, 6) is 0.0823. The zero-order chi connectivity index (χ0) is 13.5. The molecule has 1 aromatic heterocycles. The van der Waals surface area contributed by atoms with Gasteiger partial charge >= 0.3 is 0 Å². The van der Waals surface area contributed by atoms with Crippen LogP contribution in [0, 0.1) is 6.92 Å². The zero-order valence-electron chi connectivity index (χ0n) is 11.8. The van der Waals surface area contributed by atoms with Crippen LogP contribution >= 0.6 is 11.3 Å². The summed E-state index contributed by atoms with van der Waals surface area (Å²) in [4.78, 5) is 15.4. The van der Waals surface area contributed by atoms with Crippen LogP contribution in [0.2, 0.25) is 0 Å². The minimum atomic E-state index is 0.0823. The van der Waals surface area contributed by atoms with Crippen molar-refractivity contribution < 1.29 is 4.79 Å². The molecule has 0 unspecified atom stereocenters. The lowest BCUT2D eigenvalue weighted by molar-refractivity contribution is 0.0917. The first kappa shape index (κ1) is 15.2. The third-order valence-electron chi connectivity index (χ3n) is 3.05. The highest BCUT2D eigenvalue weighted by atomic mass is 32.1. The van der Waals surface area contributed by atoms with Gasteiger partial charge in [0, 0.05) is 16.3 Å². The van der Waals surface area contributed by atoms with Crippen molar-refractivity contribution in [3.05, 3.63) is 21.9 Å². The Morgan fingerprint density at radius 2 is 2.00 bits per heavy atom. The van der Waals surface area contributed by atoms with E-state index in [1.54, 1.807) is 11.3 Å². The number of hydrogen-bond donors (Lipinski definition) is 1. The molecule has 3 nitrogen and oxygen atoms in total. The SMILES string of the molecule is CC.Cc1cc(C(=O)NC2CCN(C)CC2)cs1. The molecule has 0 aromatic carbocycles. The summed E-state index contributed by atoms with van der Waals surface area (Å²) in [7, 11) is 2.13. The van der Waals surface area contributed by atoms with E-state index in [1.165, 1.54) is 4.88 Å². The van der Waals surface area contributed by atoms with Crippen molar-refractivity contribution in [3.8, 4) is 0 Å². The molecule has 1 amide bonds. The molecule has 102 valence electrons. The second kappa shape index (κ2) is 7.54. The van der Waals surface area contributed by atoms with Gasteiger partial charge in [0.1, 0.15) is 0 Å². The van der Waals surface area contributed by atoms with Gasteiger partial charge in [-0.3, -0.25) is 4.79 Å². The van der Waals surface area contributed by atoms with Gasteiger partial charge in [0.2, 0.25) is 0 Å². The van der Waals surface area contributed by atoms with Crippen LogP contribution in [0.25, 0.3) is 0 Å². The lowest BCUT2D eigenvalue weighted by Gasteiger charge is -2.29. The summed E-state index contributed by atoms with van der Waals surface area (Å²) >= 11 is 1.63. The zero-order valence-corrected chi connectivity index (χ0v) is 12.6. The Labute approximate surface area is 114 Å². The predicted octanol–water partition coefficient (Wildman–Crippen LogP) is 2.91. The molecule has 1 aliphatic heterocycles. The van der Waals surface area contributed by atoms with E-state index in [9.17, 15) is 4.79 Å². The Bertz CT molecular complexity index is 368. The molecule has 0 bridgehead atoms. The summed E-state index contributed by atoms with van der Waals surface area (Å²) in [6.07, 6.45) is 2.12. The number of nitrogens with one attached hydrogen (secondary N) is 1. The molecule has 2 rings (SSSR count). The fourth-order valence-corrected chi connectivity index (χ4v) is 2.67. The van der Waals surface area contributed by atoms with Gasteiger partial charge < -0.3 is 10.2 Å². The Kier molecular flexibility index (Phi) is 6.36. The van der Waals surface area contributed by atoms with Gasteiger partial charge in [-0.2, -0.15) is 0 Å². The number of nitrogens with zero attached hydrogens (tertiary/aromatic N) is 1. The lowest BCUT2D eigenvalue weighted by atomic mass is 10.1. The van der Waals surface area contributed by atoms with Crippen LogP contribution in [-0.2, 0) is 0 Å². The highest BCUT2D eigenvalue weighted by Gasteiger charge is 2.19. The number of likely N-dealkylation sites (tertiary alicyclic amines) is 1. The average Bonchev–Trinajstić information content (AvgIpc) is 2.81.